The summed E-state index contributed by atoms with van der Waals surface area (Å²) in [5.41, 5.74) is 1.68. The largest absolute Gasteiger partial charge is 0.469 e. The molecule has 0 radical (unpaired) electrons. The van der Waals surface area contributed by atoms with Crippen LogP contribution in [0.1, 0.15) is 23.2 Å². The smallest absolute Gasteiger partial charge is 0.308 e. The number of ether oxygens (including phenoxy) is 1. The maximum Gasteiger partial charge on any atom is 0.308 e. The number of amides is 1. The number of hydrogen-bond acceptors (Lipinski definition) is 3. The van der Waals surface area contributed by atoms with Crippen LogP contribution in [-0.2, 0) is 16.6 Å². The second kappa shape index (κ2) is 5.83. The first-order valence-electron chi connectivity index (χ1n) is 7.53. The van der Waals surface area contributed by atoms with Gasteiger partial charge in [-0.25, -0.2) is 0 Å². The third-order valence-electron chi connectivity index (χ3n) is 4.44. The van der Waals surface area contributed by atoms with Gasteiger partial charge in [0.1, 0.15) is 0 Å². The standard InChI is InChI=1S/C17H20N2O3/c1-18-9-6-12-4-3-5-14(15(12)18)16(20)19-10-7-13(8-11-19)17(21)22-2/h3-6,9,13H,7-8,10-11H2,1-2H3. The molecule has 0 N–H and O–H groups in total. The molecule has 0 unspecified atom stereocenters. The van der Waals surface area contributed by atoms with E-state index in [1.165, 1.54) is 7.11 Å². The maximum atomic E-state index is 12.8. The van der Waals surface area contributed by atoms with Crippen molar-refractivity contribution in [2.75, 3.05) is 20.2 Å². The molecule has 1 saturated heterocycles. The van der Waals surface area contributed by atoms with E-state index in [0.29, 0.717) is 25.9 Å². The van der Waals surface area contributed by atoms with Crippen LogP contribution in [0.3, 0.4) is 0 Å². The van der Waals surface area contributed by atoms with Crippen LogP contribution >= 0.6 is 0 Å². The van der Waals surface area contributed by atoms with Gasteiger partial charge in [-0.1, -0.05) is 12.1 Å². The summed E-state index contributed by atoms with van der Waals surface area (Å²) in [6.45, 7) is 1.19. The lowest BCUT2D eigenvalue weighted by Gasteiger charge is -2.31. The Labute approximate surface area is 129 Å². The molecule has 0 spiro atoms. The summed E-state index contributed by atoms with van der Waals surface area (Å²) in [6, 6.07) is 7.80. The van der Waals surface area contributed by atoms with Crippen LogP contribution in [0.15, 0.2) is 30.5 Å². The summed E-state index contributed by atoms with van der Waals surface area (Å²) in [5.74, 6) is -0.216. The number of aryl methyl sites for hydroxylation is 1. The lowest BCUT2D eigenvalue weighted by atomic mass is 9.96. The molecule has 116 valence electrons. The molecule has 1 aliphatic heterocycles. The Morgan fingerprint density at radius 2 is 1.91 bits per heavy atom. The second-order valence-electron chi connectivity index (χ2n) is 5.76. The van der Waals surface area contributed by atoms with Crippen LogP contribution in [0.2, 0.25) is 0 Å². The molecule has 1 aromatic carbocycles. The van der Waals surface area contributed by atoms with Gasteiger partial charge in [0.15, 0.2) is 0 Å². The highest BCUT2D eigenvalue weighted by molar-refractivity contribution is 6.06. The molecule has 1 aliphatic rings. The van der Waals surface area contributed by atoms with E-state index < -0.39 is 0 Å². The predicted molar refractivity (Wildman–Crippen MR) is 83.6 cm³/mol. The van der Waals surface area contributed by atoms with Crippen molar-refractivity contribution in [1.82, 2.24) is 9.47 Å². The Kier molecular flexibility index (Phi) is 3.88. The van der Waals surface area contributed by atoms with Crippen molar-refractivity contribution < 1.29 is 14.3 Å². The number of fused-ring (bicyclic) bond motifs is 1. The number of piperidine rings is 1. The summed E-state index contributed by atoms with van der Waals surface area (Å²) >= 11 is 0. The summed E-state index contributed by atoms with van der Waals surface area (Å²) in [5, 5.41) is 1.07. The summed E-state index contributed by atoms with van der Waals surface area (Å²) in [4.78, 5) is 26.2. The molecule has 0 aliphatic carbocycles. The van der Waals surface area contributed by atoms with Gasteiger partial charge in [-0.2, -0.15) is 0 Å². The molecule has 5 heteroatoms. The third-order valence-corrected chi connectivity index (χ3v) is 4.44. The van der Waals surface area contributed by atoms with E-state index in [9.17, 15) is 9.59 Å². The number of methoxy groups -OCH3 is 1. The van der Waals surface area contributed by atoms with E-state index >= 15 is 0 Å². The molecule has 1 fully saturated rings. The minimum Gasteiger partial charge on any atom is -0.469 e. The van der Waals surface area contributed by atoms with Gasteiger partial charge in [-0.15, -0.1) is 0 Å². The van der Waals surface area contributed by atoms with Gasteiger partial charge < -0.3 is 14.2 Å². The Hall–Kier alpha value is -2.30. The fourth-order valence-electron chi connectivity index (χ4n) is 3.18. The number of esters is 1. The van der Waals surface area contributed by atoms with Gasteiger partial charge in [0.2, 0.25) is 0 Å². The molecule has 0 bridgehead atoms. The highest BCUT2D eigenvalue weighted by atomic mass is 16.5. The molecule has 0 atom stereocenters. The number of para-hydroxylation sites is 1. The number of carbonyl (C=O) groups is 2. The minimum absolute atomic E-state index is 0.0377. The third kappa shape index (κ3) is 2.47. The first kappa shape index (κ1) is 14.6. The number of carbonyl (C=O) groups excluding carboxylic acids is 2. The molecule has 1 amide bonds. The lowest BCUT2D eigenvalue weighted by Crippen LogP contribution is -2.40. The molecule has 0 saturated carbocycles. The molecular weight excluding hydrogens is 280 g/mol. The van der Waals surface area contributed by atoms with Gasteiger partial charge >= 0.3 is 5.97 Å². The first-order valence-corrected chi connectivity index (χ1v) is 7.53. The van der Waals surface area contributed by atoms with Crippen LogP contribution in [0.4, 0.5) is 0 Å². The molecule has 2 heterocycles. The van der Waals surface area contributed by atoms with Crippen LogP contribution in [0, 0.1) is 5.92 Å². The summed E-state index contributed by atoms with van der Waals surface area (Å²) in [7, 11) is 3.36. The molecule has 5 nitrogen and oxygen atoms in total. The number of hydrogen-bond donors (Lipinski definition) is 0. The quantitative estimate of drug-likeness (QED) is 0.799. The number of benzene rings is 1. The maximum absolute atomic E-state index is 12.8. The van der Waals surface area contributed by atoms with Crippen molar-refractivity contribution in [3.63, 3.8) is 0 Å². The van der Waals surface area contributed by atoms with Gasteiger partial charge in [0.05, 0.1) is 24.1 Å². The monoisotopic (exact) mass is 300 g/mol. The van der Waals surface area contributed by atoms with Crippen LogP contribution in [0.5, 0.6) is 0 Å². The highest BCUT2D eigenvalue weighted by Gasteiger charge is 2.29. The summed E-state index contributed by atoms with van der Waals surface area (Å²) in [6.07, 6.45) is 3.30. The Balaban J connectivity index is 1.80. The van der Waals surface area contributed by atoms with E-state index in [4.69, 9.17) is 4.74 Å². The van der Waals surface area contributed by atoms with Gasteiger partial charge in [0, 0.05) is 31.7 Å². The van der Waals surface area contributed by atoms with Crippen LogP contribution in [-0.4, -0.2) is 41.5 Å². The zero-order chi connectivity index (χ0) is 15.7. The van der Waals surface area contributed by atoms with E-state index in [0.717, 1.165) is 16.5 Å². The second-order valence-corrected chi connectivity index (χ2v) is 5.76. The fourth-order valence-corrected chi connectivity index (χ4v) is 3.18. The zero-order valence-corrected chi connectivity index (χ0v) is 12.9. The molecular formula is C17H20N2O3. The van der Waals surface area contributed by atoms with Gasteiger partial charge in [-0.05, 0) is 25.0 Å². The number of rotatable bonds is 2. The Bertz CT molecular complexity index is 712. The normalized spacial score (nSPS) is 16.0. The van der Waals surface area contributed by atoms with Gasteiger partial charge in [-0.3, -0.25) is 9.59 Å². The Morgan fingerprint density at radius 3 is 2.59 bits per heavy atom. The molecule has 3 rings (SSSR count). The van der Waals surface area contributed by atoms with Crippen molar-refractivity contribution >= 4 is 22.8 Å². The predicted octanol–water partition coefficient (Wildman–Crippen LogP) is 2.20. The Morgan fingerprint density at radius 1 is 1.18 bits per heavy atom. The van der Waals surface area contributed by atoms with Crippen molar-refractivity contribution in [3.8, 4) is 0 Å². The lowest BCUT2D eigenvalue weighted by molar-refractivity contribution is -0.146. The van der Waals surface area contributed by atoms with Gasteiger partial charge in [0.25, 0.3) is 5.91 Å². The number of nitrogens with zero attached hydrogens (tertiary/aromatic N) is 2. The summed E-state index contributed by atoms with van der Waals surface area (Å²) < 4.78 is 6.76. The number of aromatic nitrogens is 1. The zero-order valence-electron chi connectivity index (χ0n) is 12.9. The van der Waals surface area contributed by atoms with Crippen molar-refractivity contribution in [2.24, 2.45) is 13.0 Å². The van der Waals surface area contributed by atoms with Crippen LogP contribution in [0.25, 0.3) is 10.9 Å². The van der Waals surface area contributed by atoms with E-state index in [-0.39, 0.29) is 17.8 Å². The van der Waals surface area contributed by atoms with Crippen molar-refractivity contribution in [2.45, 2.75) is 12.8 Å². The van der Waals surface area contributed by atoms with Crippen molar-refractivity contribution in [3.05, 3.63) is 36.0 Å². The highest BCUT2D eigenvalue weighted by Crippen LogP contribution is 2.24. The SMILES string of the molecule is COC(=O)C1CCN(C(=O)c2cccc3ccn(C)c23)CC1. The fraction of sp³-hybridized carbons (Fsp3) is 0.412. The van der Waals surface area contributed by atoms with E-state index in [1.54, 1.807) is 0 Å². The molecule has 22 heavy (non-hydrogen) atoms. The van der Waals surface area contributed by atoms with Crippen LogP contribution < -0.4 is 0 Å². The average molecular weight is 300 g/mol. The van der Waals surface area contributed by atoms with E-state index in [2.05, 4.69) is 0 Å². The molecule has 1 aromatic heterocycles. The van der Waals surface area contributed by atoms with Crippen molar-refractivity contribution in [1.29, 1.82) is 0 Å². The minimum atomic E-state index is -0.170. The number of likely N-dealkylation sites (tertiary alicyclic amines) is 1. The first-order chi connectivity index (χ1) is 10.6. The molecule has 2 aromatic rings. The topological polar surface area (TPSA) is 51.5 Å². The van der Waals surface area contributed by atoms with E-state index in [1.807, 2.05) is 47.0 Å². The average Bonchev–Trinajstić information content (AvgIpc) is 2.95.